The molecule has 0 aliphatic rings. The third-order valence-corrected chi connectivity index (χ3v) is 2.04. The molecule has 1 aromatic rings. The normalized spacial score (nSPS) is 9.57. The van der Waals surface area contributed by atoms with Crippen molar-refractivity contribution in [1.82, 2.24) is 0 Å². The summed E-state index contributed by atoms with van der Waals surface area (Å²) in [4.78, 5) is 10.3. The molecule has 0 heterocycles. The molecule has 76 valence electrons. The molecule has 0 saturated heterocycles. The molecule has 0 spiro atoms. The van der Waals surface area contributed by atoms with E-state index in [1.54, 1.807) is 14.2 Å². The van der Waals surface area contributed by atoms with Gasteiger partial charge >= 0.3 is 0 Å². The van der Waals surface area contributed by atoms with Crippen LogP contribution < -0.4 is 9.47 Å². The van der Waals surface area contributed by atoms with Crippen molar-refractivity contribution < 1.29 is 14.3 Å². The molecule has 0 fully saturated rings. The van der Waals surface area contributed by atoms with Crippen LogP contribution in [-0.2, 0) is 11.2 Å². The fourth-order valence-corrected chi connectivity index (χ4v) is 1.38. The molecule has 0 aliphatic carbocycles. The number of aldehydes is 1. The molecular weight excluding hydrogens is 180 g/mol. The molecule has 0 aliphatic heterocycles. The number of hydrogen-bond donors (Lipinski definition) is 0. The van der Waals surface area contributed by atoms with Crippen LogP contribution in [0.15, 0.2) is 18.2 Å². The Hall–Kier alpha value is -1.51. The number of carbonyl (C=O) groups excluding carboxylic acids is 1. The summed E-state index contributed by atoms with van der Waals surface area (Å²) >= 11 is 0. The first-order valence-corrected chi connectivity index (χ1v) is 4.47. The third-order valence-electron chi connectivity index (χ3n) is 2.04. The molecule has 0 N–H and O–H groups in total. The molecule has 3 nitrogen and oxygen atoms in total. The van der Waals surface area contributed by atoms with E-state index in [-0.39, 0.29) is 0 Å². The first kappa shape index (κ1) is 10.6. The Labute approximate surface area is 83.6 Å². The van der Waals surface area contributed by atoms with Crippen LogP contribution in [0.2, 0.25) is 0 Å². The highest BCUT2D eigenvalue weighted by atomic mass is 16.5. The van der Waals surface area contributed by atoms with Crippen LogP contribution in [0, 0.1) is 0 Å². The van der Waals surface area contributed by atoms with Gasteiger partial charge in [-0.2, -0.15) is 0 Å². The minimum Gasteiger partial charge on any atom is -0.496 e. The van der Waals surface area contributed by atoms with Gasteiger partial charge in [0.2, 0.25) is 0 Å². The lowest BCUT2D eigenvalue weighted by Gasteiger charge is -2.11. The van der Waals surface area contributed by atoms with Gasteiger partial charge in [-0.1, -0.05) is 6.07 Å². The van der Waals surface area contributed by atoms with Gasteiger partial charge in [0.15, 0.2) is 0 Å². The Kier molecular flexibility index (Phi) is 3.98. The van der Waals surface area contributed by atoms with E-state index in [2.05, 4.69) is 0 Å². The minimum atomic E-state index is 0.483. The summed E-state index contributed by atoms with van der Waals surface area (Å²) in [6.07, 6.45) is 2.03. The number of methoxy groups -OCH3 is 2. The predicted octanol–water partition coefficient (Wildman–Crippen LogP) is 1.84. The largest absolute Gasteiger partial charge is 0.496 e. The quantitative estimate of drug-likeness (QED) is 0.671. The van der Waals surface area contributed by atoms with E-state index in [0.717, 1.165) is 23.3 Å². The number of benzene rings is 1. The van der Waals surface area contributed by atoms with Crippen LogP contribution >= 0.6 is 0 Å². The van der Waals surface area contributed by atoms with Gasteiger partial charge in [0.1, 0.15) is 17.8 Å². The Morgan fingerprint density at radius 3 is 2.21 bits per heavy atom. The zero-order chi connectivity index (χ0) is 10.4. The van der Waals surface area contributed by atoms with Crippen molar-refractivity contribution in [2.75, 3.05) is 14.2 Å². The first-order chi connectivity index (χ1) is 6.83. The van der Waals surface area contributed by atoms with Gasteiger partial charge in [0.25, 0.3) is 0 Å². The molecule has 0 atom stereocenters. The second-order valence-corrected chi connectivity index (χ2v) is 2.85. The van der Waals surface area contributed by atoms with E-state index in [0.29, 0.717) is 12.8 Å². The summed E-state index contributed by atoms with van der Waals surface area (Å²) in [6.45, 7) is 0. The molecule has 0 saturated carbocycles. The smallest absolute Gasteiger partial charge is 0.125 e. The van der Waals surface area contributed by atoms with E-state index in [9.17, 15) is 4.79 Å². The molecular formula is C11H14O3. The molecule has 0 bridgehead atoms. The summed E-state index contributed by atoms with van der Waals surface area (Å²) in [6, 6.07) is 5.59. The van der Waals surface area contributed by atoms with Gasteiger partial charge in [-0.3, -0.25) is 0 Å². The minimum absolute atomic E-state index is 0.483. The van der Waals surface area contributed by atoms with E-state index in [1.165, 1.54) is 0 Å². The van der Waals surface area contributed by atoms with Crippen molar-refractivity contribution in [3.8, 4) is 11.5 Å². The van der Waals surface area contributed by atoms with Crippen molar-refractivity contribution in [2.45, 2.75) is 12.8 Å². The summed E-state index contributed by atoms with van der Waals surface area (Å²) in [5.74, 6) is 1.54. The maximum atomic E-state index is 10.3. The average molecular weight is 194 g/mol. The maximum Gasteiger partial charge on any atom is 0.125 e. The van der Waals surface area contributed by atoms with Crippen molar-refractivity contribution in [3.05, 3.63) is 23.8 Å². The molecule has 0 aromatic heterocycles. The fourth-order valence-electron chi connectivity index (χ4n) is 1.38. The highest BCUT2D eigenvalue weighted by Gasteiger charge is 2.08. The summed E-state index contributed by atoms with van der Waals surface area (Å²) in [5, 5.41) is 0. The summed E-state index contributed by atoms with van der Waals surface area (Å²) in [7, 11) is 3.22. The number of carbonyl (C=O) groups is 1. The molecule has 14 heavy (non-hydrogen) atoms. The van der Waals surface area contributed by atoms with E-state index in [4.69, 9.17) is 9.47 Å². The first-order valence-electron chi connectivity index (χ1n) is 4.47. The third kappa shape index (κ3) is 2.25. The zero-order valence-electron chi connectivity index (χ0n) is 8.45. The van der Waals surface area contributed by atoms with Gasteiger partial charge in [0.05, 0.1) is 14.2 Å². The Balaban J connectivity index is 2.99. The second-order valence-electron chi connectivity index (χ2n) is 2.85. The highest BCUT2D eigenvalue weighted by molar-refractivity contribution is 5.53. The second kappa shape index (κ2) is 5.27. The lowest BCUT2D eigenvalue weighted by molar-refractivity contribution is -0.107. The monoisotopic (exact) mass is 194 g/mol. The lowest BCUT2D eigenvalue weighted by Crippen LogP contribution is -1.97. The van der Waals surface area contributed by atoms with Crippen molar-refractivity contribution in [3.63, 3.8) is 0 Å². The van der Waals surface area contributed by atoms with Crippen LogP contribution in [0.4, 0.5) is 0 Å². The number of hydrogen-bond acceptors (Lipinski definition) is 3. The molecule has 0 radical (unpaired) electrons. The Morgan fingerprint density at radius 2 is 1.79 bits per heavy atom. The summed E-state index contributed by atoms with van der Waals surface area (Å²) in [5.41, 5.74) is 0.949. The van der Waals surface area contributed by atoms with E-state index >= 15 is 0 Å². The van der Waals surface area contributed by atoms with Crippen molar-refractivity contribution >= 4 is 6.29 Å². The van der Waals surface area contributed by atoms with E-state index < -0.39 is 0 Å². The molecule has 1 aromatic carbocycles. The van der Waals surface area contributed by atoms with E-state index in [1.807, 2.05) is 18.2 Å². The number of rotatable bonds is 5. The number of ether oxygens (including phenoxy) is 2. The SMILES string of the molecule is COc1cccc(OC)c1CCC=O. The molecule has 3 heteroatoms. The topological polar surface area (TPSA) is 35.5 Å². The van der Waals surface area contributed by atoms with Crippen LogP contribution in [0.1, 0.15) is 12.0 Å². The average Bonchev–Trinajstić information content (AvgIpc) is 2.25. The summed E-state index contributed by atoms with van der Waals surface area (Å²) < 4.78 is 10.4. The highest BCUT2D eigenvalue weighted by Crippen LogP contribution is 2.28. The predicted molar refractivity (Wildman–Crippen MR) is 53.9 cm³/mol. The maximum absolute atomic E-state index is 10.3. The van der Waals surface area contributed by atoms with Crippen LogP contribution in [0.3, 0.4) is 0 Å². The van der Waals surface area contributed by atoms with Gasteiger partial charge in [-0.25, -0.2) is 0 Å². The van der Waals surface area contributed by atoms with Crippen molar-refractivity contribution in [1.29, 1.82) is 0 Å². The zero-order valence-corrected chi connectivity index (χ0v) is 8.45. The van der Waals surface area contributed by atoms with Gasteiger partial charge in [-0.15, -0.1) is 0 Å². The molecule has 0 unspecified atom stereocenters. The van der Waals surface area contributed by atoms with Crippen LogP contribution in [-0.4, -0.2) is 20.5 Å². The fraction of sp³-hybridized carbons (Fsp3) is 0.364. The van der Waals surface area contributed by atoms with Crippen molar-refractivity contribution in [2.24, 2.45) is 0 Å². The Bertz CT molecular complexity index is 285. The van der Waals surface area contributed by atoms with Gasteiger partial charge < -0.3 is 14.3 Å². The molecule has 0 amide bonds. The Morgan fingerprint density at radius 1 is 1.21 bits per heavy atom. The van der Waals surface area contributed by atoms with Crippen LogP contribution in [0.5, 0.6) is 11.5 Å². The van der Waals surface area contributed by atoms with Gasteiger partial charge in [0, 0.05) is 12.0 Å². The lowest BCUT2D eigenvalue weighted by atomic mass is 10.1. The standard InChI is InChI=1S/C11H14O3/c1-13-10-6-3-7-11(14-2)9(10)5-4-8-12/h3,6-8H,4-5H2,1-2H3. The van der Waals surface area contributed by atoms with Gasteiger partial charge in [-0.05, 0) is 18.6 Å². The van der Waals surface area contributed by atoms with Crippen LogP contribution in [0.25, 0.3) is 0 Å². The molecule has 1 rings (SSSR count).